The molecule has 1 aromatic carbocycles. The van der Waals surface area contributed by atoms with Gasteiger partial charge in [-0.25, -0.2) is 4.39 Å². The number of halogens is 1. The molecule has 88 valence electrons. The normalized spacial score (nSPS) is 22.3. The summed E-state index contributed by atoms with van der Waals surface area (Å²) < 4.78 is 13.1. The van der Waals surface area contributed by atoms with E-state index in [2.05, 4.69) is 17.1 Å². The number of aryl methyl sites for hydroxylation is 1. The molecular formula is C13H19FN2. The lowest BCUT2D eigenvalue weighted by Gasteiger charge is -2.33. The second-order valence-electron chi connectivity index (χ2n) is 4.61. The van der Waals surface area contributed by atoms with Gasteiger partial charge in [-0.05, 0) is 31.0 Å². The predicted molar refractivity (Wildman–Crippen MR) is 63.9 cm³/mol. The van der Waals surface area contributed by atoms with Crippen LogP contribution in [-0.2, 0) is 6.54 Å². The van der Waals surface area contributed by atoms with Gasteiger partial charge in [0.2, 0.25) is 0 Å². The van der Waals surface area contributed by atoms with Crippen molar-refractivity contribution in [3.8, 4) is 0 Å². The van der Waals surface area contributed by atoms with E-state index < -0.39 is 0 Å². The minimum absolute atomic E-state index is 0.114. The summed E-state index contributed by atoms with van der Waals surface area (Å²) in [6.45, 7) is 8.12. The largest absolute Gasteiger partial charge is 0.314 e. The Hall–Kier alpha value is -0.930. The zero-order valence-corrected chi connectivity index (χ0v) is 9.96. The molecule has 1 aliphatic heterocycles. The van der Waals surface area contributed by atoms with Gasteiger partial charge in [-0.15, -0.1) is 0 Å². The van der Waals surface area contributed by atoms with Gasteiger partial charge < -0.3 is 5.32 Å². The Morgan fingerprint density at radius 2 is 2.31 bits per heavy atom. The van der Waals surface area contributed by atoms with Gasteiger partial charge in [-0.3, -0.25) is 4.90 Å². The van der Waals surface area contributed by atoms with Crippen molar-refractivity contribution in [3.63, 3.8) is 0 Å². The number of hydrogen-bond acceptors (Lipinski definition) is 2. The van der Waals surface area contributed by atoms with E-state index in [1.165, 1.54) is 5.56 Å². The highest BCUT2D eigenvalue weighted by Gasteiger charge is 2.17. The van der Waals surface area contributed by atoms with Gasteiger partial charge in [0.05, 0.1) is 0 Å². The minimum Gasteiger partial charge on any atom is -0.314 e. The Morgan fingerprint density at radius 3 is 3.00 bits per heavy atom. The van der Waals surface area contributed by atoms with Crippen LogP contribution in [0.15, 0.2) is 18.2 Å². The van der Waals surface area contributed by atoms with E-state index >= 15 is 0 Å². The van der Waals surface area contributed by atoms with Crippen LogP contribution in [0.4, 0.5) is 4.39 Å². The van der Waals surface area contributed by atoms with Gasteiger partial charge in [-0.2, -0.15) is 0 Å². The molecule has 0 amide bonds. The van der Waals surface area contributed by atoms with E-state index in [1.54, 1.807) is 6.07 Å². The summed E-state index contributed by atoms with van der Waals surface area (Å²) in [4.78, 5) is 2.43. The molecule has 0 aromatic heterocycles. The Balaban J connectivity index is 2.05. The SMILES string of the molecule is Cc1cc(CN2CCNCC2C)ccc1F. The van der Waals surface area contributed by atoms with Crippen LogP contribution in [0.25, 0.3) is 0 Å². The van der Waals surface area contributed by atoms with Crippen LogP contribution < -0.4 is 5.32 Å². The van der Waals surface area contributed by atoms with Crippen molar-refractivity contribution in [2.24, 2.45) is 0 Å². The zero-order chi connectivity index (χ0) is 11.5. The topological polar surface area (TPSA) is 15.3 Å². The molecule has 16 heavy (non-hydrogen) atoms. The van der Waals surface area contributed by atoms with E-state index in [0.29, 0.717) is 6.04 Å². The summed E-state index contributed by atoms with van der Waals surface area (Å²) in [7, 11) is 0. The second kappa shape index (κ2) is 4.93. The van der Waals surface area contributed by atoms with Gasteiger partial charge in [0.1, 0.15) is 5.82 Å². The first-order valence-corrected chi connectivity index (χ1v) is 5.86. The van der Waals surface area contributed by atoms with Crippen LogP contribution in [0.1, 0.15) is 18.1 Å². The highest BCUT2D eigenvalue weighted by Crippen LogP contribution is 2.13. The van der Waals surface area contributed by atoms with E-state index in [4.69, 9.17) is 0 Å². The van der Waals surface area contributed by atoms with Gasteiger partial charge >= 0.3 is 0 Å². The van der Waals surface area contributed by atoms with Crippen LogP contribution >= 0.6 is 0 Å². The molecule has 0 spiro atoms. The van der Waals surface area contributed by atoms with Crippen LogP contribution in [0.3, 0.4) is 0 Å². The predicted octanol–water partition coefficient (Wildman–Crippen LogP) is 1.93. The van der Waals surface area contributed by atoms with Crippen LogP contribution in [0.5, 0.6) is 0 Å². The van der Waals surface area contributed by atoms with Crippen molar-refractivity contribution < 1.29 is 4.39 Å². The first kappa shape index (κ1) is 11.6. The lowest BCUT2D eigenvalue weighted by Crippen LogP contribution is -2.49. The maximum Gasteiger partial charge on any atom is 0.126 e. The second-order valence-corrected chi connectivity index (χ2v) is 4.61. The molecule has 0 aliphatic carbocycles. The molecule has 1 saturated heterocycles. The number of rotatable bonds is 2. The summed E-state index contributed by atoms with van der Waals surface area (Å²) in [6.07, 6.45) is 0. The van der Waals surface area contributed by atoms with E-state index in [-0.39, 0.29) is 5.82 Å². The molecule has 2 rings (SSSR count). The maximum atomic E-state index is 13.1. The van der Waals surface area contributed by atoms with Gasteiger partial charge in [0, 0.05) is 32.2 Å². The molecule has 1 aliphatic rings. The van der Waals surface area contributed by atoms with E-state index in [0.717, 1.165) is 31.7 Å². The van der Waals surface area contributed by atoms with Gasteiger partial charge in [0.15, 0.2) is 0 Å². The standard InChI is InChI=1S/C13H19FN2/c1-10-7-12(3-4-13(10)14)9-16-6-5-15-8-11(16)2/h3-4,7,11,15H,5-6,8-9H2,1-2H3. The van der Waals surface area contributed by atoms with Gasteiger partial charge in [0.25, 0.3) is 0 Å². The summed E-state index contributed by atoms with van der Waals surface area (Å²) in [6, 6.07) is 5.96. The number of benzene rings is 1. The van der Waals surface area contributed by atoms with Gasteiger partial charge in [-0.1, -0.05) is 12.1 Å². The number of nitrogens with one attached hydrogen (secondary N) is 1. The lowest BCUT2D eigenvalue weighted by molar-refractivity contribution is 0.165. The average Bonchev–Trinajstić information content (AvgIpc) is 2.27. The summed E-state index contributed by atoms with van der Waals surface area (Å²) in [5.41, 5.74) is 1.94. The molecule has 1 N–H and O–H groups in total. The molecule has 1 heterocycles. The molecule has 0 bridgehead atoms. The zero-order valence-electron chi connectivity index (χ0n) is 9.96. The van der Waals surface area contributed by atoms with E-state index in [1.807, 2.05) is 19.1 Å². The minimum atomic E-state index is -0.114. The third-order valence-electron chi connectivity index (χ3n) is 3.25. The molecule has 3 heteroatoms. The fourth-order valence-electron chi connectivity index (χ4n) is 2.16. The maximum absolute atomic E-state index is 13.1. The van der Waals surface area contributed by atoms with Crippen LogP contribution in [-0.4, -0.2) is 30.6 Å². The molecule has 0 radical (unpaired) electrons. The van der Waals surface area contributed by atoms with Crippen molar-refractivity contribution in [2.75, 3.05) is 19.6 Å². The van der Waals surface area contributed by atoms with Crippen molar-refractivity contribution >= 4 is 0 Å². The Morgan fingerprint density at radius 1 is 1.50 bits per heavy atom. The first-order chi connectivity index (χ1) is 7.66. The molecule has 1 atom stereocenters. The van der Waals surface area contributed by atoms with Crippen LogP contribution in [0.2, 0.25) is 0 Å². The monoisotopic (exact) mass is 222 g/mol. The van der Waals surface area contributed by atoms with Crippen molar-refractivity contribution in [1.82, 2.24) is 10.2 Å². The fourth-order valence-corrected chi connectivity index (χ4v) is 2.16. The van der Waals surface area contributed by atoms with Crippen LogP contribution in [0, 0.1) is 12.7 Å². The Kier molecular flexibility index (Phi) is 3.56. The Bertz CT molecular complexity index is 365. The molecule has 1 aromatic rings. The molecule has 1 unspecified atom stereocenters. The number of nitrogens with zero attached hydrogens (tertiary/aromatic N) is 1. The number of piperazine rings is 1. The lowest BCUT2D eigenvalue weighted by atomic mass is 10.1. The Labute approximate surface area is 96.5 Å². The number of hydrogen-bond donors (Lipinski definition) is 1. The highest BCUT2D eigenvalue weighted by atomic mass is 19.1. The third kappa shape index (κ3) is 2.60. The molecule has 1 fully saturated rings. The average molecular weight is 222 g/mol. The molecule has 0 saturated carbocycles. The fraction of sp³-hybridized carbons (Fsp3) is 0.538. The van der Waals surface area contributed by atoms with Crippen molar-refractivity contribution in [3.05, 3.63) is 35.1 Å². The smallest absolute Gasteiger partial charge is 0.126 e. The highest BCUT2D eigenvalue weighted by molar-refractivity contribution is 5.23. The van der Waals surface area contributed by atoms with Crippen molar-refractivity contribution in [2.45, 2.75) is 26.4 Å². The third-order valence-corrected chi connectivity index (χ3v) is 3.25. The summed E-state index contributed by atoms with van der Waals surface area (Å²) in [5.74, 6) is -0.114. The summed E-state index contributed by atoms with van der Waals surface area (Å²) in [5, 5.41) is 3.37. The first-order valence-electron chi connectivity index (χ1n) is 5.86. The quantitative estimate of drug-likeness (QED) is 0.822. The molecular weight excluding hydrogens is 203 g/mol. The summed E-state index contributed by atoms with van der Waals surface area (Å²) >= 11 is 0. The molecule has 2 nitrogen and oxygen atoms in total. The van der Waals surface area contributed by atoms with E-state index in [9.17, 15) is 4.39 Å². The van der Waals surface area contributed by atoms with Crippen molar-refractivity contribution in [1.29, 1.82) is 0 Å².